The maximum atomic E-state index is 11.9. The molecule has 5 nitrogen and oxygen atoms in total. The van der Waals surface area contributed by atoms with Crippen LogP contribution in [0.25, 0.3) is 0 Å². The second kappa shape index (κ2) is 6.35. The molecule has 1 heterocycles. The molecule has 0 saturated carbocycles. The van der Waals surface area contributed by atoms with Crippen molar-refractivity contribution in [3.05, 3.63) is 29.0 Å². The van der Waals surface area contributed by atoms with Gasteiger partial charge in [-0.05, 0) is 26.0 Å². The molecule has 1 rings (SSSR count). The Bertz CT molecular complexity index is 449. The van der Waals surface area contributed by atoms with Gasteiger partial charge in [0.15, 0.2) is 0 Å². The highest BCUT2D eigenvalue weighted by molar-refractivity contribution is 6.30. The van der Waals surface area contributed by atoms with E-state index in [4.69, 9.17) is 11.6 Å². The minimum Gasteiger partial charge on any atom is -0.352 e. The zero-order valence-electron chi connectivity index (χ0n) is 10.6. The van der Waals surface area contributed by atoms with E-state index in [0.717, 1.165) is 0 Å². The van der Waals surface area contributed by atoms with Crippen molar-refractivity contribution in [1.82, 2.24) is 15.2 Å². The summed E-state index contributed by atoms with van der Waals surface area (Å²) in [5, 5.41) is 3.15. The van der Waals surface area contributed by atoms with Gasteiger partial charge < -0.3 is 10.2 Å². The van der Waals surface area contributed by atoms with Crippen molar-refractivity contribution < 1.29 is 9.59 Å². The van der Waals surface area contributed by atoms with E-state index >= 15 is 0 Å². The number of hydrogen-bond donors (Lipinski definition) is 1. The third kappa shape index (κ3) is 4.33. The minimum atomic E-state index is -0.337. The van der Waals surface area contributed by atoms with Crippen LogP contribution in [0.1, 0.15) is 24.3 Å². The Kier molecular flexibility index (Phi) is 5.09. The molecule has 98 valence electrons. The second-order valence-corrected chi connectivity index (χ2v) is 4.68. The Labute approximate surface area is 111 Å². The van der Waals surface area contributed by atoms with Crippen LogP contribution < -0.4 is 5.32 Å². The fourth-order valence-electron chi connectivity index (χ4n) is 1.37. The van der Waals surface area contributed by atoms with Gasteiger partial charge in [0.2, 0.25) is 5.91 Å². The molecule has 1 aromatic heterocycles. The number of likely N-dealkylation sites (N-methyl/N-ethyl adjacent to an activating group) is 1. The van der Waals surface area contributed by atoms with E-state index < -0.39 is 0 Å². The van der Waals surface area contributed by atoms with E-state index in [9.17, 15) is 9.59 Å². The summed E-state index contributed by atoms with van der Waals surface area (Å²) in [7, 11) is 1.55. The summed E-state index contributed by atoms with van der Waals surface area (Å²) in [5.74, 6) is -0.542. The largest absolute Gasteiger partial charge is 0.352 e. The highest BCUT2D eigenvalue weighted by Gasteiger charge is 2.16. The number of halogens is 1. The summed E-state index contributed by atoms with van der Waals surface area (Å²) in [6.45, 7) is 3.71. The molecule has 0 fully saturated rings. The van der Waals surface area contributed by atoms with E-state index in [-0.39, 0.29) is 30.1 Å². The molecule has 18 heavy (non-hydrogen) atoms. The summed E-state index contributed by atoms with van der Waals surface area (Å²) >= 11 is 5.78. The summed E-state index contributed by atoms with van der Waals surface area (Å²) in [5.41, 5.74) is 0.224. The van der Waals surface area contributed by atoms with Gasteiger partial charge in [-0.1, -0.05) is 11.6 Å². The smallest absolute Gasteiger partial charge is 0.272 e. The molecule has 1 N–H and O–H groups in total. The third-order valence-electron chi connectivity index (χ3n) is 2.12. The van der Waals surface area contributed by atoms with Crippen molar-refractivity contribution in [2.45, 2.75) is 19.9 Å². The summed E-state index contributed by atoms with van der Waals surface area (Å²) in [6, 6.07) is 3.11. The quantitative estimate of drug-likeness (QED) is 0.897. The lowest BCUT2D eigenvalue weighted by Gasteiger charge is -2.17. The van der Waals surface area contributed by atoms with E-state index in [1.807, 2.05) is 13.8 Å². The van der Waals surface area contributed by atoms with Crippen LogP contribution in [0.15, 0.2) is 18.3 Å². The van der Waals surface area contributed by atoms with Crippen LogP contribution in [0.4, 0.5) is 0 Å². The predicted octanol–water partition coefficient (Wildman–Crippen LogP) is 1.33. The van der Waals surface area contributed by atoms with E-state index in [2.05, 4.69) is 10.3 Å². The first-order chi connectivity index (χ1) is 8.40. The molecule has 0 aliphatic carbocycles. The van der Waals surface area contributed by atoms with Crippen molar-refractivity contribution in [1.29, 1.82) is 0 Å². The van der Waals surface area contributed by atoms with Gasteiger partial charge in [0.25, 0.3) is 5.91 Å². The van der Waals surface area contributed by atoms with Gasteiger partial charge in [0.05, 0.1) is 6.54 Å². The molecule has 6 heteroatoms. The molecular formula is C12H16ClN3O2. The average Bonchev–Trinajstić information content (AvgIpc) is 2.26. The summed E-state index contributed by atoms with van der Waals surface area (Å²) in [6.07, 6.45) is 1.46. The number of carbonyl (C=O) groups is 2. The van der Waals surface area contributed by atoms with Crippen LogP contribution in [0, 0.1) is 0 Å². The van der Waals surface area contributed by atoms with Crippen LogP contribution in [0.3, 0.4) is 0 Å². The lowest BCUT2D eigenvalue weighted by atomic mass is 10.3. The van der Waals surface area contributed by atoms with Crippen LogP contribution in [-0.2, 0) is 4.79 Å². The number of hydrogen-bond acceptors (Lipinski definition) is 3. The zero-order chi connectivity index (χ0) is 13.7. The first-order valence-electron chi connectivity index (χ1n) is 5.56. The second-order valence-electron chi connectivity index (χ2n) is 4.24. The number of carbonyl (C=O) groups excluding carboxylic acids is 2. The molecule has 0 atom stereocenters. The van der Waals surface area contributed by atoms with Crippen molar-refractivity contribution in [3.8, 4) is 0 Å². The van der Waals surface area contributed by atoms with Gasteiger partial charge in [-0.25, -0.2) is 0 Å². The normalized spacial score (nSPS) is 10.3. The van der Waals surface area contributed by atoms with E-state index in [1.54, 1.807) is 13.1 Å². The molecule has 0 bridgehead atoms. The molecule has 0 radical (unpaired) electrons. The average molecular weight is 270 g/mol. The Balaban J connectivity index is 2.64. The molecule has 0 unspecified atom stereocenters. The monoisotopic (exact) mass is 269 g/mol. The predicted molar refractivity (Wildman–Crippen MR) is 69.5 cm³/mol. The van der Waals surface area contributed by atoms with Gasteiger partial charge in [-0.2, -0.15) is 0 Å². The van der Waals surface area contributed by atoms with E-state index in [1.165, 1.54) is 17.2 Å². The fraction of sp³-hybridized carbons (Fsp3) is 0.417. The maximum Gasteiger partial charge on any atom is 0.272 e. The summed E-state index contributed by atoms with van der Waals surface area (Å²) < 4.78 is 0. The highest BCUT2D eigenvalue weighted by Crippen LogP contribution is 2.09. The van der Waals surface area contributed by atoms with Gasteiger partial charge in [0, 0.05) is 24.3 Å². The zero-order valence-corrected chi connectivity index (χ0v) is 11.4. The number of nitrogens with one attached hydrogen (secondary N) is 1. The molecule has 1 aromatic rings. The molecule has 0 saturated heterocycles. The third-order valence-corrected chi connectivity index (χ3v) is 2.35. The lowest BCUT2D eigenvalue weighted by Crippen LogP contribution is -2.41. The van der Waals surface area contributed by atoms with Crippen LogP contribution in [0.5, 0.6) is 0 Å². The standard InChI is InChI=1S/C12H16ClN3O2/c1-8(2)15-11(17)7-16(3)12(18)10-6-9(13)4-5-14-10/h4-6,8H,7H2,1-3H3,(H,15,17). The van der Waals surface area contributed by atoms with Crippen molar-refractivity contribution in [2.24, 2.45) is 0 Å². The van der Waals surface area contributed by atoms with Crippen molar-refractivity contribution in [2.75, 3.05) is 13.6 Å². The number of aromatic nitrogens is 1. The van der Waals surface area contributed by atoms with Crippen LogP contribution >= 0.6 is 11.6 Å². The minimum absolute atomic E-state index is 0.00872. The molecule has 0 aromatic carbocycles. The molecular weight excluding hydrogens is 254 g/mol. The van der Waals surface area contributed by atoms with Crippen molar-refractivity contribution >= 4 is 23.4 Å². The molecule has 0 aliphatic rings. The number of nitrogens with zero attached hydrogens (tertiary/aromatic N) is 2. The summed E-state index contributed by atoms with van der Waals surface area (Å²) in [4.78, 5) is 28.7. The number of amides is 2. The Hall–Kier alpha value is -1.62. The Morgan fingerprint density at radius 3 is 2.72 bits per heavy atom. The number of pyridine rings is 1. The number of rotatable bonds is 4. The molecule has 0 spiro atoms. The van der Waals surface area contributed by atoms with Crippen LogP contribution in [0.2, 0.25) is 5.02 Å². The van der Waals surface area contributed by atoms with Crippen molar-refractivity contribution in [3.63, 3.8) is 0 Å². The van der Waals surface area contributed by atoms with Gasteiger partial charge >= 0.3 is 0 Å². The Morgan fingerprint density at radius 1 is 1.50 bits per heavy atom. The van der Waals surface area contributed by atoms with Crippen LogP contribution in [-0.4, -0.2) is 41.3 Å². The molecule has 2 amide bonds. The first-order valence-corrected chi connectivity index (χ1v) is 5.94. The first kappa shape index (κ1) is 14.4. The Morgan fingerprint density at radius 2 is 2.17 bits per heavy atom. The lowest BCUT2D eigenvalue weighted by molar-refractivity contribution is -0.122. The van der Waals surface area contributed by atoms with Gasteiger partial charge in [-0.3, -0.25) is 14.6 Å². The van der Waals surface area contributed by atoms with E-state index in [0.29, 0.717) is 5.02 Å². The topological polar surface area (TPSA) is 62.3 Å². The fourth-order valence-corrected chi connectivity index (χ4v) is 1.53. The maximum absolute atomic E-state index is 11.9. The molecule has 0 aliphatic heterocycles. The highest BCUT2D eigenvalue weighted by atomic mass is 35.5. The SMILES string of the molecule is CC(C)NC(=O)CN(C)C(=O)c1cc(Cl)ccn1. The van der Waals surface area contributed by atoms with Gasteiger partial charge in [0.1, 0.15) is 5.69 Å². The van der Waals surface area contributed by atoms with Gasteiger partial charge in [-0.15, -0.1) is 0 Å².